The molecular weight excluding hydrogens is 598 g/mol. The van der Waals surface area contributed by atoms with Crippen LogP contribution in [0.25, 0.3) is 27.8 Å². The van der Waals surface area contributed by atoms with E-state index >= 15 is 8.78 Å². The van der Waals surface area contributed by atoms with E-state index in [1.54, 1.807) is 6.08 Å². The van der Waals surface area contributed by atoms with Gasteiger partial charge in [0.15, 0.2) is 0 Å². The molecule has 1 aromatic heterocycles. The minimum absolute atomic E-state index is 0.0176. The van der Waals surface area contributed by atoms with E-state index in [0.29, 0.717) is 17.1 Å². The molecule has 0 aliphatic rings. The Morgan fingerprint density at radius 1 is 0.562 bits per heavy atom. The first-order valence-corrected chi connectivity index (χ1v) is 15.6. The van der Waals surface area contributed by atoms with E-state index < -0.39 is 11.9 Å². The molecule has 0 amide bonds. The van der Waals surface area contributed by atoms with Crippen LogP contribution in [0.1, 0.15) is 12.5 Å². The predicted molar refractivity (Wildman–Crippen MR) is 197 cm³/mol. The summed E-state index contributed by atoms with van der Waals surface area (Å²) in [7, 11) is 0. The normalized spacial score (nSPS) is 11.4. The van der Waals surface area contributed by atoms with Gasteiger partial charge in [0, 0.05) is 33.8 Å². The molecule has 6 aromatic rings. The molecular formula is C42H34F2N4. The van der Waals surface area contributed by atoms with E-state index in [1.807, 2.05) is 159 Å². The van der Waals surface area contributed by atoms with Crippen molar-refractivity contribution in [2.45, 2.75) is 6.92 Å². The molecule has 0 saturated carbocycles. The van der Waals surface area contributed by atoms with Crippen LogP contribution >= 0.6 is 0 Å². The van der Waals surface area contributed by atoms with E-state index in [2.05, 4.69) is 27.5 Å². The number of halogens is 2. The lowest BCUT2D eigenvalue weighted by Crippen LogP contribution is -2.10. The lowest BCUT2D eigenvalue weighted by atomic mass is 10.0. The summed E-state index contributed by atoms with van der Waals surface area (Å²) in [4.78, 5) is 3.75. The van der Waals surface area contributed by atoms with Crippen molar-refractivity contribution in [1.82, 2.24) is 4.98 Å². The number of nitrogens with one attached hydrogen (secondary N) is 3. The smallest absolute Gasteiger partial charge is 0.241 e. The summed E-state index contributed by atoms with van der Waals surface area (Å²) in [5.74, 6) is -1.99. The van der Waals surface area contributed by atoms with Gasteiger partial charge in [0.25, 0.3) is 0 Å². The topological polar surface area (TPSA) is 49.0 Å². The van der Waals surface area contributed by atoms with Crippen molar-refractivity contribution < 1.29 is 8.78 Å². The fourth-order valence-corrected chi connectivity index (χ4v) is 5.52. The Balaban J connectivity index is 1.54. The van der Waals surface area contributed by atoms with Gasteiger partial charge in [-0.2, -0.15) is 13.8 Å². The molecule has 6 rings (SSSR count). The monoisotopic (exact) mass is 632 g/mol. The van der Waals surface area contributed by atoms with Crippen LogP contribution in [0.15, 0.2) is 164 Å². The summed E-state index contributed by atoms with van der Waals surface area (Å²) in [6.45, 7) is 5.91. The zero-order chi connectivity index (χ0) is 33.3. The quantitative estimate of drug-likeness (QED) is 0.0982. The average Bonchev–Trinajstić information content (AvgIpc) is 3.13. The lowest BCUT2D eigenvalue weighted by molar-refractivity contribution is 0.519. The first-order chi connectivity index (χ1) is 23.6. The summed E-state index contributed by atoms with van der Waals surface area (Å²) in [5, 5.41) is 9.93. The minimum atomic E-state index is -0.999. The van der Waals surface area contributed by atoms with Crippen LogP contribution in [0, 0.1) is 11.9 Å². The molecule has 0 saturated heterocycles. The summed E-state index contributed by atoms with van der Waals surface area (Å²) in [6, 6.07) is 42.4. The minimum Gasteiger partial charge on any atom is -0.351 e. The van der Waals surface area contributed by atoms with Crippen LogP contribution in [0.4, 0.5) is 42.9 Å². The zero-order valence-electron chi connectivity index (χ0n) is 26.4. The predicted octanol–water partition coefficient (Wildman–Crippen LogP) is 12.1. The lowest BCUT2D eigenvalue weighted by Gasteiger charge is -2.23. The molecule has 0 aliphatic heterocycles. The van der Waals surface area contributed by atoms with Gasteiger partial charge in [0.1, 0.15) is 11.4 Å². The Morgan fingerprint density at radius 2 is 1.00 bits per heavy atom. The van der Waals surface area contributed by atoms with Crippen molar-refractivity contribution in [3.63, 3.8) is 0 Å². The van der Waals surface area contributed by atoms with Gasteiger partial charge in [0.2, 0.25) is 11.9 Å². The van der Waals surface area contributed by atoms with Gasteiger partial charge in [-0.15, -0.1) is 0 Å². The van der Waals surface area contributed by atoms with Crippen LogP contribution in [0.3, 0.4) is 0 Å². The summed E-state index contributed by atoms with van der Waals surface area (Å²) in [5.41, 5.74) is 7.20. The second-order valence-electron chi connectivity index (χ2n) is 10.9. The molecule has 0 fully saturated rings. The zero-order valence-corrected chi connectivity index (χ0v) is 26.4. The van der Waals surface area contributed by atoms with E-state index in [1.165, 1.54) is 0 Å². The third-order valence-electron chi connectivity index (χ3n) is 7.84. The first kappa shape index (κ1) is 31.7. The largest absolute Gasteiger partial charge is 0.351 e. The second-order valence-corrected chi connectivity index (χ2v) is 10.9. The fourth-order valence-electron chi connectivity index (χ4n) is 5.52. The molecule has 236 valence electrons. The standard InChI is InChI=1S/C42H34F2N4/c1-3-5-18-29(4-2)32-23-12-15-26-35(32)46-39-38(45-36-27-16-13-24-33(36)30-19-8-6-9-20-30)40(42(44)48-41(39)43)47-37-28-17-14-25-34(37)31-21-10-7-11-22-31/h3-28,46-47H,2H2,1H3,(H,45,48)/b5-3-,29-18+. The van der Waals surface area contributed by atoms with Gasteiger partial charge in [-0.25, -0.2) is 0 Å². The van der Waals surface area contributed by atoms with Crippen molar-refractivity contribution in [2.24, 2.45) is 0 Å². The van der Waals surface area contributed by atoms with E-state index in [-0.39, 0.29) is 17.1 Å². The van der Waals surface area contributed by atoms with Gasteiger partial charge in [0.05, 0.1) is 5.69 Å². The second kappa shape index (κ2) is 14.9. The maximum absolute atomic E-state index is 16.1. The van der Waals surface area contributed by atoms with Crippen LogP contribution in [0.5, 0.6) is 0 Å². The molecule has 0 bridgehead atoms. The SMILES string of the molecule is C=C/C(=C\C=C/C)c1ccccc1Nc1c(F)nc(F)c(Nc2ccccc2-c2ccccc2)c1Nc1ccccc1-c1ccccc1. The fraction of sp³-hybridized carbons (Fsp3) is 0.0238. The number of rotatable bonds is 11. The number of pyridine rings is 1. The van der Waals surface area contributed by atoms with Gasteiger partial charge in [-0.3, -0.25) is 0 Å². The van der Waals surface area contributed by atoms with E-state index in [4.69, 9.17) is 0 Å². The molecule has 0 unspecified atom stereocenters. The van der Waals surface area contributed by atoms with Gasteiger partial charge in [-0.1, -0.05) is 146 Å². The summed E-state index contributed by atoms with van der Waals surface area (Å²) >= 11 is 0. The number of benzene rings is 5. The van der Waals surface area contributed by atoms with Crippen LogP contribution in [0.2, 0.25) is 0 Å². The van der Waals surface area contributed by atoms with Gasteiger partial charge in [-0.05, 0) is 41.8 Å². The molecule has 5 aromatic carbocycles. The highest BCUT2D eigenvalue weighted by atomic mass is 19.1. The maximum atomic E-state index is 16.1. The summed E-state index contributed by atoms with van der Waals surface area (Å²) < 4.78 is 32.1. The molecule has 4 nitrogen and oxygen atoms in total. The van der Waals surface area contributed by atoms with Crippen molar-refractivity contribution in [3.05, 3.63) is 182 Å². The molecule has 0 radical (unpaired) electrons. The van der Waals surface area contributed by atoms with Gasteiger partial charge >= 0.3 is 0 Å². The molecule has 1 heterocycles. The van der Waals surface area contributed by atoms with Crippen molar-refractivity contribution >= 4 is 39.7 Å². The van der Waals surface area contributed by atoms with Gasteiger partial charge < -0.3 is 16.0 Å². The van der Waals surface area contributed by atoms with Crippen LogP contribution in [-0.4, -0.2) is 4.98 Å². The Labute approximate surface area is 279 Å². The molecule has 0 spiro atoms. The van der Waals surface area contributed by atoms with E-state index in [9.17, 15) is 0 Å². The molecule has 3 N–H and O–H groups in total. The highest BCUT2D eigenvalue weighted by Gasteiger charge is 2.24. The number of para-hydroxylation sites is 3. The molecule has 0 atom stereocenters. The van der Waals surface area contributed by atoms with Crippen LogP contribution in [-0.2, 0) is 0 Å². The average molecular weight is 633 g/mol. The molecule has 6 heteroatoms. The highest BCUT2D eigenvalue weighted by molar-refractivity contribution is 5.95. The number of aromatic nitrogens is 1. The Morgan fingerprint density at radius 3 is 1.52 bits per heavy atom. The maximum Gasteiger partial charge on any atom is 0.241 e. The first-order valence-electron chi connectivity index (χ1n) is 15.6. The Kier molecular flexibility index (Phi) is 9.83. The number of nitrogens with zero attached hydrogens (tertiary/aromatic N) is 1. The van der Waals surface area contributed by atoms with E-state index in [0.717, 1.165) is 33.4 Å². The Hall–Kier alpha value is -6.27. The third kappa shape index (κ3) is 6.93. The summed E-state index contributed by atoms with van der Waals surface area (Å²) in [6.07, 6.45) is 7.49. The third-order valence-corrected chi connectivity index (χ3v) is 7.84. The Bertz CT molecular complexity index is 2100. The van der Waals surface area contributed by atoms with Crippen molar-refractivity contribution in [3.8, 4) is 22.3 Å². The number of hydrogen-bond donors (Lipinski definition) is 3. The number of hydrogen-bond acceptors (Lipinski definition) is 4. The van der Waals surface area contributed by atoms with Crippen molar-refractivity contribution in [1.29, 1.82) is 0 Å². The number of anilines is 6. The van der Waals surface area contributed by atoms with Crippen LogP contribution < -0.4 is 16.0 Å². The molecule has 48 heavy (non-hydrogen) atoms. The number of allylic oxidation sites excluding steroid dienone is 5. The molecule has 0 aliphatic carbocycles. The van der Waals surface area contributed by atoms with Crippen molar-refractivity contribution in [2.75, 3.05) is 16.0 Å². The highest BCUT2D eigenvalue weighted by Crippen LogP contribution is 2.43.